The zero-order chi connectivity index (χ0) is 33.0. The lowest BCUT2D eigenvalue weighted by Crippen LogP contribution is -2.71. The lowest BCUT2D eigenvalue weighted by Gasteiger charge is -2.49. The van der Waals surface area contributed by atoms with Crippen LogP contribution in [0, 0.1) is 5.82 Å². The van der Waals surface area contributed by atoms with E-state index in [2.05, 4.69) is 36.1 Å². The van der Waals surface area contributed by atoms with Crippen molar-refractivity contribution in [2.45, 2.75) is 29.7 Å². The molecule has 1 fully saturated rings. The first-order valence-corrected chi connectivity index (χ1v) is 15.7. The number of thiazole rings is 1. The van der Waals surface area contributed by atoms with Crippen molar-refractivity contribution < 1.29 is 43.8 Å². The summed E-state index contributed by atoms with van der Waals surface area (Å²) in [5.74, 6) is -4.58. The van der Waals surface area contributed by atoms with Crippen LogP contribution in [-0.2, 0) is 37.2 Å². The maximum atomic E-state index is 13.3. The third kappa shape index (κ3) is 6.92. The number of benzene rings is 1. The quantitative estimate of drug-likeness (QED) is 0.0527. The molecule has 22 heteroatoms. The van der Waals surface area contributed by atoms with E-state index in [0.717, 1.165) is 32.7 Å². The first-order chi connectivity index (χ1) is 22.1. The van der Waals surface area contributed by atoms with Crippen LogP contribution in [0.15, 0.2) is 56.4 Å². The number of nitrogens with two attached hydrogens (primary N) is 1. The number of nitrogens with one attached hydrogen (secondary N) is 1. The zero-order valence-corrected chi connectivity index (χ0v) is 25.5. The number of aromatic nitrogens is 5. The molecule has 0 saturated carbocycles. The molecule has 2 aromatic heterocycles. The highest BCUT2D eigenvalue weighted by Gasteiger charge is 2.54. The molecule has 2 atom stereocenters. The fourth-order valence-corrected chi connectivity index (χ4v) is 7.10. The number of nitrogens with zero attached hydrogens (tertiary/aromatic N) is 8. The molecule has 240 valence electrons. The molecule has 2 amide bonds. The second-order valence-electron chi connectivity index (χ2n) is 9.29. The topological polar surface area (TPSA) is 261 Å². The molecule has 46 heavy (non-hydrogen) atoms. The molecule has 1 unspecified atom stereocenters. The van der Waals surface area contributed by atoms with Crippen LogP contribution in [0.25, 0.3) is 0 Å². The highest BCUT2D eigenvalue weighted by atomic mass is 32.2. The van der Waals surface area contributed by atoms with E-state index in [0.29, 0.717) is 11.1 Å². The second-order valence-corrected chi connectivity index (χ2v) is 12.2. The maximum Gasteiger partial charge on any atom is 0.355 e. The van der Waals surface area contributed by atoms with Crippen molar-refractivity contribution >= 4 is 75.2 Å². The summed E-state index contributed by atoms with van der Waals surface area (Å²) in [6, 6.07) is 4.35. The maximum absolute atomic E-state index is 13.3. The molecular weight excluding hydrogens is 672 g/mol. The molecule has 0 spiro atoms. The highest BCUT2D eigenvalue weighted by molar-refractivity contribution is 8.01. The van der Waals surface area contributed by atoms with Gasteiger partial charge in [0.05, 0.1) is 6.54 Å². The molecule has 0 aliphatic carbocycles. The van der Waals surface area contributed by atoms with Crippen LogP contribution in [-0.4, -0.2) is 104 Å². The summed E-state index contributed by atoms with van der Waals surface area (Å²) < 4.78 is 14.3. The third-order valence-electron chi connectivity index (χ3n) is 6.36. The minimum absolute atomic E-state index is 0.0225. The minimum Gasteiger partial charge on any atom is -0.477 e. The van der Waals surface area contributed by atoms with Gasteiger partial charge < -0.3 is 31.3 Å². The smallest absolute Gasteiger partial charge is 0.355 e. The van der Waals surface area contributed by atoms with Crippen molar-refractivity contribution in [3.8, 4) is 0 Å². The lowest BCUT2D eigenvalue weighted by atomic mass is 10.0. The monoisotopic (exact) mass is 692 g/mol. The number of nitrogen functional groups attached to an aromatic ring is 1. The molecule has 1 saturated heterocycles. The Hall–Kier alpha value is -5.09. The lowest BCUT2D eigenvalue weighted by molar-refractivity contribution is -0.150. The molecule has 2 aliphatic rings. The number of hydrogen-bond donors (Lipinski definition) is 5. The van der Waals surface area contributed by atoms with Gasteiger partial charge in [0.2, 0.25) is 5.16 Å². The van der Waals surface area contributed by atoms with Gasteiger partial charge in [-0.15, -0.1) is 28.2 Å². The number of carbonyl (C=O) groups excluding carboxylic acids is 2. The van der Waals surface area contributed by atoms with E-state index in [4.69, 9.17) is 20.9 Å². The SMILES string of the molecule is Nc1nc(C(=NOCc2ccc(F)cc2)C(=O)NC2C(=O)N3C(C(=O)O)=C(CSc4nnnn4CC(=NO)C(=O)O)CS[C@@H]23)cs1. The van der Waals surface area contributed by atoms with Crippen LogP contribution in [0.4, 0.5) is 9.52 Å². The van der Waals surface area contributed by atoms with Gasteiger partial charge in [-0.25, -0.2) is 23.6 Å². The summed E-state index contributed by atoms with van der Waals surface area (Å²) in [4.78, 5) is 60.4. The summed E-state index contributed by atoms with van der Waals surface area (Å²) in [7, 11) is 0. The van der Waals surface area contributed by atoms with Crippen molar-refractivity contribution in [2.75, 3.05) is 17.2 Å². The van der Waals surface area contributed by atoms with Crippen molar-refractivity contribution in [1.29, 1.82) is 0 Å². The molecule has 5 rings (SSSR count). The van der Waals surface area contributed by atoms with E-state index >= 15 is 0 Å². The number of carboxylic acid groups (broad SMARTS) is 2. The number of β-lactam (4-membered cyclic amide) rings is 1. The number of hydrogen-bond acceptors (Lipinski definition) is 16. The molecule has 6 N–H and O–H groups in total. The van der Waals surface area contributed by atoms with Gasteiger partial charge >= 0.3 is 11.9 Å². The van der Waals surface area contributed by atoms with Gasteiger partial charge in [0.25, 0.3) is 11.8 Å². The minimum atomic E-state index is -1.48. The van der Waals surface area contributed by atoms with E-state index in [1.54, 1.807) is 0 Å². The number of aliphatic carboxylic acids is 2. The molecular formula is C24H21FN10O8S3. The number of carbonyl (C=O) groups is 4. The van der Waals surface area contributed by atoms with Crippen LogP contribution < -0.4 is 11.1 Å². The van der Waals surface area contributed by atoms with Crippen molar-refractivity contribution in [2.24, 2.45) is 10.3 Å². The molecule has 4 heterocycles. The molecule has 0 radical (unpaired) electrons. The number of rotatable bonds is 13. The predicted octanol–water partition coefficient (Wildman–Crippen LogP) is 0.218. The average Bonchev–Trinajstić information content (AvgIpc) is 3.67. The fraction of sp³-hybridized carbons (Fsp3) is 0.250. The highest BCUT2D eigenvalue weighted by Crippen LogP contribution is 2.41. The van der Waals surface area contributed by atoms with Gasteiger partial charge in [-0.3, -0.25) is 14.5 Å². The summed E-state index contributed by atoms with van der Waals surface area (Å²) in [6.45, 7) is -0.550. The van der Waals surface area contributed by atoms with E-state index in [1.807, 2.05) is 0 Å². The number of oxime groups is 2. The molecule has 3 aromatic rings. The normalized spacial score (nSPS) is 18.2. The Balaban J connectivity index is 1.28. The van der Waals surface area contributed by atoms with Crippen LogP contribution in [0.5, 0.6) is 0 Å². The molecule has 0 bridgehead atoms. The van der Waals surface area contributed by atoms with Crippen molar-refractivity contribution in [1.82, 2.24) is 35.4 Å². The summed E-state index contributed by atoms with van der Waals surface area (Å²) >= 11 is 3.25. The number of anilines is 1. The zero-order valence-electron chi connectivity index (χ0n) is 23.0. The van der Waals surface area contributed by atoms with Gasteiger partial charge in [0.1, 0.15) is 35.2 Å². The van der Waals surface area contributed by atoms with Gasteiger partial charge in [-0.1, -0.05) is 34.2 Å². The number of fused-ring (bicyclic) bond motifs is 1. The number of tetrazole rings is 1. The van der Waals surface area contributed by atoms with Gasteiger partial charge in [0, 0.05) is 16.9 Å². The summed E-state index contributed by atoms with van der Waals surface area (Å²) in [5.41, 5.74) is 5.58. The van der Waals surface area contributed by atoms with Gasteiger partial charge in [-0.05, 0) is 33.7 Å². The average molecular weight is 693 g/mol. The number of amides is 2. The Bertz CT molecular complexity index is 1780. The van der Waals surface area contributed by atoms with E-state index in [-0.39, 0.29) is 45.5 Å². The van der Waals surface area contributed by atoms with Crippen molar-refractivity contribution in [3.63, 3.8) is 0 Å². The Morgan fingerprint density at radius 1 is 1.24 bits per heavy atom. The number of halogens is 1. The first-order valence-electron chi connectivity index (χ1n) is 12.8. The van der Waals surface area contributed by atoms with E-state index in [1.165, 1.54) is 41.4 Å². The number of carboxylic acids is 2. The fourth-order valence-electron chi connectivity index (χ4n) is 4.19. The summed E-state index contributed by atoms with van der Waals surface area (Å²) in [6.07, 6.45) is 0. The Morgan fingerprint density at radius 3 is 2.65 bits per heavy atom. The molecule has 2 aliphatic heterocycles. The summed E-state index contributed by atoms with van der Waals surface area (Å²) in [5, 5.41) is 49.1. The largest absolute Gasteiger partial charge is 0.477 e. The second kappa shape index (κ2) is 13.9. The Morgan fingerprint density at radius 2 is 2.00 bits per heavy atom. The predicted molar refractivity (Wildman–Crippen MR) is 159 cm³/mol. The van der Waals surface area contributed by atoms with Crippen LogP contribution >= 0.6 is 34.9 Å². The van der Waals surface area contributed by atoms with Gasteiger partial charge in [0.15, 0.2) is 16.6 Å². The van der Waals surface area contributed by atoms with Crippen molar-refractivity contribution in [3.05, 3.63) is 58.0 Å². The standard InChI is InChI=1S/C24H21FN10O8S3/c25-12-3-1-10(2-4-12)6-43-31-15(14-9-45-23(26)27-14)18(36)28-16-19(37)35-17(22(40)41)11(7-44-20(16)35)8-46-24-29-32-33-34(24)5-13(30-42)21(38)39/h1-4,9,16,20,42H,5-8H2,(H2,26,27)(H,28,36)(H,38,39)(H,40,41)/t16?,20-/m0/s1. The Labute approximate surface area is 269 Å². The van der Waals surface area contributed by atoms with Crippen LogP contribution in [0.2, 0.25) is 0 Å². The van der Waals surface area contributed by atoms with Gasteiger partial charge in [-0.2, -0.15) is 0 Å². The third-order valence-corrected chi connectivity index (χ3v) is 9.41. The van der Waals surface area contributed by atoms with E-state index < -0.39 is 53.2 Å². The molecule has 18 nitrogen and oxygen atoms in total. The van der Waals surface area contributed by atoms with Crippen LogP contribution in [0.1, 0.15) is 11.3 Å². The number of thioether (sulfide) groups is 2. The Kier molecular flexibility index (Phi) is 9.77. The molecule has 1 aromatic carbocycles. The van der Waals surface area contributed by atoms with Crippen LogP contribution in [0.3, 0.4) is 0 Å². The first kappa shape index (κ1) is 32.3. The van der Waals surface area contributed by atoms with E-state index in [9.17, 15) is 28.7 Å².